The molecule has 0 spiro atoms. The number of rotatable bonds is 5. The highest BCUT2D eigenvalue weighted by atomic mass is 35.5. The molecule has 1 aliphatic heterocycles. The summed E-state index contributed by atoms with van der Waals surface area (Å²) in [5.41, 5.74) is 1.56. The summed E-state index contributed by atoms with van der Waals surface area (Å²) in [6, 6.07) is 9.00. The van der Waals surface area contributed by atoms with Gasteiger partial charge < -0.3 is 14.4 Å². The number of halogens is 1. The van der Waals surface area contributed by atoms with Crippen LogP contribution >= 0.6 is 11.6 Å². The lowest BCUT2D eigenvalue weighted by Crippen LogP contribution is -2.41. The molecule has 0 N–H and O–H groups in total. The first-order chi connectivity index (χ1) is 12.2. The maximum atomic E-state index is 12.8. The Kier molecular flexibility index (Phi) is 5.89. The van der Waals surface area contributed by atoms with Crippen molar-refractivity contribution in [2.75, 3.05) is 20.2 Å². The number of aromatic nitrogens is 1. The Bertz CT molecular complexity index is 716. The van der Waals surface area contributed by atoms with Gasteiger partial charge in [0.15, 0.2) is 0 Å². The number of benzene rings is 1. The number of methoxy groups -OCH3 is 1. The smallest absolute Gasteiger partial charge is 0.257 e. The number of likely N-dealkylation sites (tertiary alicyclic amines) is 1. The average molecular weight is 361 g/mol. The molecule has 0 unspecified atom stereocenters. The van der Waals surface area contributed by atoms with Gasteiger partial charge >= 0.3 is 0 Å². The van der Waals surface area contributed by atoms with Gasteiger partial charge in [0.25, 0.3) is 5.91 Å². The number of pyridine rings is 1. The minimum atomic E-state index is -0.0509. The molecule has 1 aromatic carbocycles. The van der Waals surface area contributed by atoms with E-state index >= 15 is 0 Å². The highest BCUT2D eigenvalue weighted by Gasteiger charge is 2.26. The molecule has 5 nitrogen and oxygen atoms in total. The van der Waals surface area contributed by atoms with Crippen molar-refractivity contribution in [2.24, 2.45) is 0 Å². The summed E-state index contributed by atoms with van der Waals surface area (Å²) in [7, 11) is 1.55. The van der Waals surface area contributed by atoms with E-state index in [9.17, 15) is 4.79 Å². The Hall–Kier alpha value is -2.11. The van der Waals surface area contributed by atoms with Gasteiger partial charge in [-0.2, -0.15) is 0 Å². The van der Waals surface area contributed by atoms with Crippen molar-refractivity contribution in [2.45, 2.75) is 25.6 Å². The average Bonchev–Trinajstić information content (AvgIpc) is 2.67. The zero-order valence-electron chi connectivity index (χ0n) is 14.2. The molecule has 1 aromatic heterocycles. The van der Waals surface area contributed by atoms with Crippen LogP contribution in [-0.2, 0) is 11.3 Å². The third kappa shape index (κ3) is 4.50. The fourth-order valence-electron chi connectivity index (χ4n) is 2.94. The van der Waals surface area contributed by atoms with Crippen LogP contribution in [0.15, 0.2) is 42.7 Å². The number of carbonyl (C=O) groups is 1. The van der Waals surface area contributed by atoms with Crippen molar-refractivity contribution in [3.05, 3.63) is 58.9 Å². The van der Waals surface area contributed by atoms with E-state index in [1.165, 1.54) is 0 Å². The zero-order chi connectivity index (χ0) is 17.6. The minimum Gasteiger partial charge on any atom is -0.496 e. The number of hydrogen-bond donors (Lipinski definition) is 0. The molecule has 25 heavy (non-hydrogen) atoms. The summed E-state index contributed by atoms with van der Waals surface area (Å²) in [6.45, 7) is 1.87. The predicted molar refractivity (Wildman–Crippen MR) is 96.0 cm³/mol. The van der Waals surface area contributed by atoms with Crippen molar-refractivity contribution < 1.29 is 14.3 Å². The molecule has 0 atom stereocenters. The molecule has 0 bridgehead atoms. The Morgan fingerprint density at radius 1 is 1.32 bits per heavy atom. The molecule has 3 rings (SSSR count). The van der Waals surface area contributed by atoms with Crippen LogP contribution in [-0.4, -0.2) is 42.1 Å². The molecular formula is C19H21ClN2O3. The van der Waals surface area contributed by atoms with Crippen LogP contribution in [0, 0.1) is 0 Å². The normalized spacial score (nSPS) is 15.2. The highest BCUT2D eigenvalue weighted by molar-refractivity contribution is 6.31. The van der Waals surface area contributed by atoms with Crippen molar-refractivity contribution in [3.63, 3.8) is 0 Å². The number of ether oxygens (including phenoxy) is 2. The number of hydrogen-bond acceptors (Lipinski definition) is 4. The first-order valence-electron chi connectivity index (χ1n) is 8.30. The van der Waals surface area contributed by atoms with E-state index in [0.29, 0.717) is 36.0 Å². The van der Waals surface area contributed by atoms with Crippen LogP contribution in [0.2, 0.25) is 5.02 Å². The molecule has 0 radical (unpaired) electrons. The molecular weight excluding hydrogens is 340 g/mol. The van der Waals surface area contributed by atoms with Gasteiger partial charge in [0.05, 0.1) is 25.4 Å². The fraction of sp³-hybridized carbons (Fsp3) is 0.368. The summed E-state index contributed by atoms with van der Waals surface area (Å²) < 4.78 is 11.2. The minimum absolute atomic E-state index is 0.0509. The largest absolute Gasteiger partial charge is 0.496 e. The standard InChI is InChI=1S/C19H21ClN2O3/c1-24-18-5-4-15(20)11-17(18)19(23)22-9-6-16(7-10-22)25-13-14-3-2-8-21-12-14/h2-5,8,11-12,16H,6-7,9-10,13H2,1H3. The van der Waals surface area contributed by atoms with Gasteiger partial charge in [-0.3, -0.25) is 9.78 Å². The fourth-order valence-corrected chi connectivity index (χ4v) is 3.11. The van der Waals surface area contributed by atoms with Crippen LogP contribution in [0.4, 0.5) is 0 Å². The molecule has 1 aliphatic rings. The first-order valence-corrected chi connectivity index (χ1v) is 8.68. The van der Waals surface area contributed by atoms with E-state index in [0.717, 1.165) is 18.4 Å². The zero-order valence-corrected chi connectivity index (χ0v) is 14.9. The monoisotopic (exact) mass is 360 g/mol. The quantitative estimate of drug-likeness (QED) is 0.818. The van der Waals surface area contributed by atoms with Gasteiger partial charge in [0, 0.05) is 30.5 Å². The second kappa shape index (κ2) is 8.32. The Morgan fingerprint density at radius 3 is 2.80 bits per heavy atom. The molecule has 2 heterocycles. The second-order valence-electron chi connectivity index (χ2n) is 6.01. The van der Waals surface area contributed by atoms with E-state index in [-0.39, 0.29) is 12.0 Å². The molecule has 1 saturated heterocycles. The van der Waals surface area contributed by atoms with Crippen molar-refractivity contribution in [3.8, 4) is 5.75 Å². The molecule has 0 saturated carbocycles. The van der Waals surface area contributed by atoms with Crippen LogP contribution in [0.5, 0.6) is 5.75 Å². The lowest BCUT2D eigenvalue weighted by Gasteiger charge is -2.32. The van der Waals surface area contributed by atoms with Crippen molar-refractivity contribution >= 4 is 17.5 Å². The number of nitrogens with zero attached hydrogens (tertiary/aromatic N) is 2. The SMILES string of the molecule is COc1ccc(Cl)cc1C(=O)N1CCC(OCc2cccnc2)CC1. The summed E-state index contributed by atoms with van der Waals surface area (Å²) in [6.07, 6.45) is 5.34. The van der Waals surface area contributed by atoms with Gasteiger partial charge in [0.2, 0.25) is 0 Å². The molecule has 0 aliphatic carbocycles. The molecule has 132 valence electrons. The number of amides is 1. The van der Waals surface area contributed by atoms with E-state index < -0.39 is 0 Å². The van der Waals surface area contributed by atoms with Gasteiger partial charge in [-0.05, 0) is 42.7 Å². The predicted octanol–water partition coefficient (Wildman–Crippen LogP) is 3.57. The third-order valence-corrected chi connectivity index (χ3v) is 4.56. The molecule has 1 amide bonds. The molecule has 2 aromatic rings. The summed E-state index contributed by atoms with van der Waals surface area (Å²) in [5.74, 6) is 0.495. The Morgan fingerprint density at radius 2 is 2.12 bits per heavy atom. The highest BCUT2D eigenvalue weighted by Crippen LogP contribution is 2.26. The maximum absolute atomic E-state index is 12.8. The van der Waals surface area contributed by atoms with Crippen molar-refractivity contribution in [1.29, 1.82) is 0 Å². The van der Waals surface area contributed by atoms with Gasteiger partial charge in [-0.25, -0.2) is 0 Å². The van der Waals surface area contributed by atoms with Crippen LogP contribution in [0.1, 0.15) is 28.8 Å². The van der Waals surface area contributed by atoms with Gasteiger partial charge in [-0.15, -0.1) is 0 Å². The second-order valence-corrected chi connectivity index (χ2v) is 6.44. The Labute approximate surface area is 152 Å². The van der Waals surface area contributed by atoms with Gasteiger partial charge in [-0.1, -0.05) is 17.7 Å². The summed E-state index contributed by atoms with van der Waals surface area (Å²) >= 11 is 6.03. The van der Waals surface area contributed by atoms with Crippen LogP contribution in [0.25, 0.3) is 0 Å². The topological polar surface area (TPSA) is 51.7 Å². The maximum Gasteiger partial charge on any atom is 0.257 e. The van der Waals surface area contributed by atoms with E-state index in [2.05, 4.69) is 4.98 Å². The first kappa shape index (κ1) is 17.7. The van der Waals surface area contributed by atoms with Crippen LogP contribution in [0.3, 0.4) is 0 Å². The molecule has 6 heteroatoms. The van der Waals surface area contributed by atoms with E-state index in [1.807, 2.05) is 23.2 Å². The summed E-state index contributed by atoms with van der Waals surface area (Å²) in [5, 5.41) is 0.527. The number of carbonyl (C=O) groups excluding carboxylic acids is 1. The van der Waals surface area contributed by atoms with Gasteiger partial charge in [0.1, 0.15) is 5.75 Å². The van der Waals surface area contributed by atoms with Crippen LogP contribution < -0.4 is 4.74 Å². The van der Waals surface area contributed by atoms with Crippen molar-refractivity contribution in [1.82, 2.24) is 9.88 Å². The Balaban J connectivity index is 1.55. The summed E-state index contributed by atoms with van der Waals surface area (Å²) in [4.78, 5) is 18.7. The van der Waals surface area contributed by atoms with E-state index in [4.69, 9.17) is 21.1 Å². The lowest BCUT2D eigenvalue weighted by molar-refractivity contribution is -0.000523. The molecule has 1 fully saturated rings. The van der Waals surface area contributed by atoms with E-state index in [1.54, 1.807) is 31.5 Å². The number of piperidine rings is 1. The lowest BCUT2D eigenvalue weighted by atomic mass is 10.1. The third-order valence-electron chi connectivity index (χ3n) is 4.33.